The predicted molar refractivity (Wildman–Crippen MR) is 145 cm³/mol. The smallest absolute Gasteiger partial charge is 0.338 e. The number of ether oxygens (including phenoxy) is 2. The first kappa shape index (κ1) is 27.1. The van der Waals surface area contributed by atoms with Gasteiger partial charge in [-0.2, -0.15) is 0 Å². The van der Waals surface area contributed by atoms with E-state index < -0.39 is 5.97 Å². The summed E-state index contributed by atoms with van der Waals surface area (Å²) in [4.78, 5) is 24.8. The molecule has 0 spiro atoms. The molecule has 1 aliphatic carbocycles. The molecule has 0 aliphatic heterocycles. The molecule has 6 nitrogen and oxygen atoms in total. The van der Waals surface area contributed by atoms with E-state index in [2.05, 4.69) is 13.5 Å². The number of anilines is 2. The van der Waals surface area contributed by atoms with Crippen molar-refractivity contribution in [3.05, 3.63) is 77.9 Å². The van der Waals surface area contributed by atoms with Crippen LogP contribution in [0.15, 0.2) is 61.2 Å². The standard InChI is InChI=1S/C30H38N2O4/c1-3-5-6-24(25-17-26(31)19-27(32)18-25)20-35-29(33)16-11-22-7-12-23(13-8-22)30(34)36-28-14-9-21(4-2)10-15-28/h4,7-8,11-13,16-19,21,24,28H,2-3,5-6,9-10,14-15,20,31-32H2,1H3/b16-11+. The number of carbonyl (C=O) groups is 2. The minimum atomic E-state index is -0.424. The molecule has 0 amide bonds. The Balaban J connectivity index is 1.51. The Kier molecular flexibility index (Phi) is 10.2. The fourth-order valence-electron chi connectivity index (χ4n) is 4.52. The van der Waals surface area contributed by atoms with Crippen LogP contribution in [0.2, 0.25) is 0 Å². The van der Waals surface area contributed by atoms with Gasteiger partial charge in [0.1, 0.15) is 6.10 Å². The van der Waals surface area contributed by atoms with Crippen molar-refractivity contribution in [2.45, 2.75) is 63.9 Å². The molecule has 0 radical (unpaired) electrons. The normalized spacial score (nSPS) is 18.5. The Labute approximate surface area is 214 Å². The molecule has 1 unspecified atom stereocenters. The van der Waals surface area contributed by atoms with Gasteiger partial charge >= 0.3 is 11.9 Å². The van der Waals surface area contributed by atoms with Crippen LogP contribution < -0.4 is 11.5 Å². The Morgan fingerprint density at radius 2 is 1.72 bits per heavy atom. The Bertz CT molecular complexity index is 1030. The molecule has 0 bridgehead atoms. The van der Waals surface area contributed by atoms with E-state index in [1.165, 1.54) is 6.08 Å². The van der Waals surface area contributed by atoms with Gasteiger partial charge in [0.05, 0.1) is 12.2 Å². The first-order valence-corrected chi connectivity index (χ1v) is 12.8. The van der Waals surface area contributed by atoms with Crippen LogP contribution >= 0.6 is 0 Å². The highest BCUT2D eigenvalue weighted by atomic mass is 16.5. The number of esters is 2. The van der Waals surface area contributed by atoms with Gasteiger partial charge in [0.15, 0.2) is 0 Å². The number of hydrogen-bond donors (Lipinski definition) is 2. The lowest BCUT2D eigenvalue weighted by molar-refractivity contribution is -0.138. The second-order valence-corrected chi connectivity index (χ2v) is 9.54. The molecule has 4 N–H and O–H groups in total. The first-order valence-electron chi connectivity index (χ1n) is 12.8. The van der Waals surface area contributed by atoms with Crippen molar-refractivity contribution in [3.63, 3.8) is 0 Å². The third-order valence-electron chi connectivity index (χ3n) is 6.69. The summed E-state index contributed by atoms with van der Waals surface area (Å²) in [5, 5.41) is 0. The van der Waals surface area contributed by atoms with Crippen LogP contribution in [0.4, 0.5) is 11.4 Å². The van der Waals surface area contributed by atoms with Crippen LogP contribution in [0.5, 0.6) is 0 Å². The van der Waals surface area contributed by atoms with Gasteiger partial charge < -0.3 is 20.9 Å². The molecule has 1 saturated carbocycles. The summed E-state index contributed by atoms with van der Waals surface area (Å²) < 4.78 is 11.2. The van der Waals surface area contributed by atoms with Gasteiger partial charge in [0.2, 0.25) is 0 Å². The zero-order valence-electron chi connectivity index (χ0n) is 21.2. The molecule has 0 saturated heterocycles. The predicted octanol–water partition coefficient (Wildman–Crippen LogP) is 6.28. The summed E-state index contributed by atoms with van der Waals surface area (Å²) in [6, 6.07) is 12.5. The quantitative estimate of drug-likeness (QED) is 0.166. The fourth-order valence-corrected chi connectivity index (χ4v) is 4.52. The van der Waals surface area contributed by atoms with Crippen LogP contribution in [0.25, 0.3) is 6.08 Å². The number of carbonyl (C=O) groups excluding carboxylic acids is 2. The first-order chi connectivity index (χ1) is 17.4. The molecule has 36 heavy (non-hydrogen) atoms. The Hall–Kier alpha value is -3.54. The van der Waals surface area contributed by atoms with Crippen molar-refractivity contribution in [3.8, 4) is 0 Å². The van der Waals surface area contributed by atoms with Crippen molar-refractivity contribution < 1.29 is 19.1 Å². The number of nitrogens with two attached hydrogens (primary N) is 2. The minimum absolute atomic E-state index is 0.0326. The molecule has 0 aromatic heterocycles. The molecule has 192 valence electrons. The molecule has 1 aliphatic rings. The lowest BCUT2D eigenvalue weighted by Gasteiger charge is -2.26. The average molecular weight is 491 g/mol. The minimum Gasteiger partial charge on any atom is -0.462 e. The number of nitrogen functional groups attached to an aromatic ring is 2. The molecular formula is C30H38N2O4. The van der Waals surface area contributed by atoms with Gasteiger partial charge in [-0.1, -0.05) is 38.0 Å². The maximum Gasteiger partial charge on any atom is 0.338 e. The zero-order chi connectivity index (χ0) is 25.9. The highest BCUT2D eigenvalue weighted by molar-refractivity contribution is 5.90. The molecule has 6 heteroatoms. The van der Waals surface area contributed by atoms with Crippen molar-refractivity contribution in [1.29, 1.82) is 0 Å². The summed E-state index contributed by atoms with van der Waals surface area (Å²) >= 11 is 0. The third kappa shape index (κ3) is 8.29. The van der Waals surface area contributed by atoms with E-state index in [0.717, 1.165) is 56.1 Å². The van der Waals surface area contributed by atoms with Gasteiger partial charge in [-0.05, 0) is 85.6 Å². The maximum atomic E-state index is 12.5. The molecule has 2 aromatic rings. The van der Waals surface area contributed by atoms with Gasteiger partial charge in [0, 0.05) is 23.4 Å². The number of rotatable bonds is 11. The van der Waals surface area contributed by atoms with Crippen LogP contribution in [0, 0.1) is 5.92 Å². The molecule has 1 fully saturated rings. The lowest BCUT2D eigenvalue weighted by atomic mass is 9.87. The Morgan fingerprint density at radius 3 is 2.33 bits per heavy atom. The van der Waals surface area contributed by atoms with Gasteiger partial charge in [-0.15, -0.1) is 6.58 Å². The van der Waals surface area contributed by atoms with E-state index in [9.17, 15) is 9.59 Å². The molecule has 2 aromatic carbocycles. The van der Waals surface area contributed by atoms with Crippen LogP contribution in [0.1, 0.15) is 79.3 Å². The maximum absolute atomic E-state index is 12.5. The van der Waals surface area contributed by atoms with Crippen molar-refractivity contribution >= 4 is 29.4 Å². The van der Waals surface area contributed by atoms with E-state index in [-0.39, 0.29) is 24.6 Å². The number of benzene rings is 2. The number of hydrogen-bond acceptors (Lipinski definition) is 6. The lowest BCUT2D eigenvalue weighted by Crippen LogP contribution is -2.23. The van der Waals surface area contributed by atoms with E-state index in [0.29, 0.717) is 22.9 Å². The Morgan fingerprint density at radius 1 is 1.06 bits per heavy atom. The highest BCUT2D eigenvalue weighted by Crippen LogP contribution is 2.28. The van der Waals surface area contributed by atoms with E-state index in [1.807, 2.05) is 18.2 Å². The summed E-state index contributed by atoms with van der Waals surface area (Å²) in [7, 11) is 0. The van der Waals surface area contributed by atoms with Crippen molar-refractivity contribution in [2.24, 2.45) is 5.92 Å². The molecule has 0 heterocycles. The number of allylic oxidation sites excluding steroid dienone is 1. The SMILES string of the molecule is C=CC1CCC(OC(=O)c2ccc(/C=C/C(=O)OCC(CCCC)c3cc(N)cc(N)c3)cc2)CC1. The second-order valence-electron chi connectivity index (χ2n) is 9.54. The topological polar surface area (TPSA) is 105 Å². The molecule has 3 rings (SSSR count). The van der Waals surface area contributed by atoms with Gasteiger partial charge in [0.25, 0.3) is 0 Å². The van der Waals surface area contributed by atoms with Crippen LogP contribution in [-0.4, -0.2) is 24.6 Å². The monoisotopic (exact) mass is 490 g/mol. The van der Waals surface area contributed by atoms with E-state index in [4.69, 9.17) is 20.9 Å². The fraction of sp³-hybridized carbons (Fsp3) is 0.400. The largest absolute Gasteiger partial charge is 0.462 e. The summed E-state index contributed by atoms with van der Waals surface area (Å²) in [6.07, 6.45) is 11.7. The van der Waals surface area contributed by atoms with Gasteiger partial charge in [-0.3, -0.25) is 0 Å². The summed E-state index contributed by atoms with van der Waals surface area (Å²) in [5.41, 5.74) is 15.4. The average Bonchev–Trinajstić information content (AvgIpc) is 2.87. The molecular weight excluding hydrogens is 452 g/mol. The number of unbranched alkanes of at least 4 members (excludes halogenated alkanes) is 1. The second kappa shape index (κ2) is 13.5. The zero-order valence-corrected chi connectivity index (χ0v) is 21.2. The highest BCUT2D eigenvalue weighted by Gasteiger charge is 2.22. The summed E-state index contributed by atoms with van der Waals surface area (Å²) in [5.74, 6) is -0.180. The third-order valence-corrected chi connectivity index (χ3v) is 6.69. The van der Waals surface area contributed by atoms with Crippen molar-refractivity contribution in [2.75, 3.05) is 18.1 Å². The van der Waals surface area contributed by atoms with Crippen LogP contribution in [-0.2, 0) is 14.3 Å². The van der Waals surface area contributed by atoms with Gasteiger partial charge in [-0.25, -0.2) is 9.59 Å². The van der Waals surface area contributed by atoms with E-state index >= 15 is 0 Å². The van der Waals surface area contributed by atoms with E-state index in [1.54, 1.807) is 36.4 Å². The summed E-state index contributed by atoms with van der Waals surface area (Å²) in [6.45, 7) is 6.23. The van der Waals surface area contributed by atoms with Crippen molar-refractivity contribution in [1.82, 2.24) is 0 Å². The van der Waals surface area contributed by atoms with Crippen LogP contribution in [0.3, 0.4) is 0 Å². The molecule has 1 atom stereocenters.